The zero-order valence-corrected chi connectivity index (χ0v) is 10.5. The van der Waals surface area contributed by atoms with E-state index in [1.165, 1.54) is 34.7 Å². The lowest BCUT2D eigenvalue weighted by Crippen LogP contribution is -2.05. The third-order valence-corrected chi connectivity index (χ3v) is 4.10. The van der Waals surface area contributed by atoms with Gasteiger partial charge in [0, 0.05) is 17.1 Å². The highest BCUT2D eigenvalue weighted by atomic mass is 35.5. The summed E-state index contributed by atoms with van der Waals surface area (Å²) in [5.41, 5.74) is 4.05. The largest absolute Gasteiger partial charge is 0.267 e. The lowest BCUT2D eigenvalue weighted by Gasteiger charge is -2.01. The van der Waals surface area contributed by atoms with Crippen LogP contribution in [0, 0.1) is 0 Å². The number of aromatic nitrogens is 2. The van der Waals surface area contributed by atoms with Crippen molar-refractivity contribution in [3.05, 3.63) is 28.8 Å². The fourth-order valence-corrected chi connectivity index (χ4v) is 3.28. The Labute approximate surface area is 104 Å². The molecule has 0 spiro atoms. The van der Waals surface area contributed by atoms with Gasteiger partial charge in [0.25, 0.3) is 0 Å². The lowest BCUT2D eigenvalue weighted by molar-refractivity contribution is 0.628. The smallest absolute Gasteiger partial charge is 0.106 e. The molecule has 0 saturated carbocycles. The van der Waals surface area contributed by atoms with Crippen LogP contribution < -0.4 is 0 Å². The van der Waals surface area contributed by atoms with E-state index >= 15 is 0 Å². The fraction of sp³-hybridized carbons (Fsp3) is 0.417. The summed E-state index contributed by atoms with van der Waals surface area (Å²) >= 11 is 7.58. The van der Waals surface area contributed by atoms with Crippen molar-refractivity contribution in [1.29, 1.82) is 0 Å². The predicted molar refractivity (Wildman–Crippen MR) is 68.3 cm³/mol. The zero-order valence-electron chi connectivity index (χ0n) is 8.95. The summed E-state index contributed by atoms with van der Waals surface area (Å²) in [6.07, 6.45) is 3.59. The standard InChI is InChI=1S/C12H13ClN2S/c13-6-7-15-10-4-1-3-9(10)12(14-15)11-5-2-8-16-11/h2,5,8H,1,3-4,6-7H2. The van der Waals surface area contributed by atoms with Gasteiger partial charge in [-0.05, 0) is 30.7 Å². The van der Waals surface area contributed by atoms with E-state index in [1.807, 2.05) is 0 Å². The van der Waals surface area contributed by atoms with E-state index in [1.54, 1.807) is 11.3 Å². The zero-order chi connectivity index (χ0) is 11.0. The third kappa shape index (κ3) is 1.59. The molecule has 0 aromatic carbocycles. The first-order valence-corrected chi connectivity index (χ1v) is 7.00. The Morgan fingerprint density at radius 2 is 2.38 bits per heavy atom. The van der Waals surface area contributed by atoms with Crippen LogP contribution >= 0.6 is 22.9 Å². The van der Waals surface area contributed by atoms with Crippen LogP contribution in [0.3, 0.4) is 0 Å². The Morgan fingerprint density at radius 3 is 3.12 bits per heavy atom. The van der Waals surface area contributed by atoms with E-state index < -0.39 is 0 Å². The number of nitrogens with zero attached hydrogens (tertiary/aromatic N) is 2. The molecule has 0 aliphatic heterocycles. The number of alkyl halides is 1. The molecule has 0 bridgehead atoms. The lowest BCUT2D eigenvalue weighted by atomic mass is 10.2. The molecule has 0 saturated heterocycles. The van der Waals surface area contributed by atoms with Crippen LogP contribution in [0.1, 0.15) is 17.7 Å². The highest BCUT2D eigenvalue weighted by Crippen LogP contribution is 2.34. The van der Waals surface area contributed by atoms with Crippen LogP contribution in [0.5, 0.6) is 0 Å². The van der Waals surface area contributed by atoms with Gasteiger partial charge in [0.1, 0.15) is 5.69 Å². The van der Waals surface area contributed by atoms with E-state index in [4.69, 9.17) is 16.7 Å². The third-order valence-electron chi connectivity index (χ3n) is 3.06. The average Bonchev–Trinajstić information content (AvgIpc) is 2.94. The monoisotopic (exact) mass is 252 g/mol. The number of rotatable bonds is 3. The Bertz CT molecular complexity index is 487. The number of thiophene rings is 1. The molecule has 0 unspecified atom stereocenters. The van der Waals surface area contributed by atoms with Gasteiger partial charge in [0.15, 0.2) is 0 Å². The highest BCUT2D eigenvalue weighted by molar-refractivity contribution is 7.13. The van der Waals surface area contributed by atoms with Gasteiger partial charge in [-0.2, -0.15) is 5.10 Å². The van der Waals surface area contributed by atoms with E-state index in [9.17, 15) is 0 Å². The maximum absolute atomic E-state index is 5.81. The quantitative estimate of drug-likeness (QED) is 0.766. The molecule has 0 atom stereocenters. The fourth-order valence-electron chi connectivity index (χ4n) is 2.39. The Balaban J connectivity index is 2.09. The van der Waals surface area contributed by atoms with Gasteiger partial charge < -0.3 is 0 Å². The second kappa shape index (κ2) is 4.22. The molecular formula is C12H13ClN2S. The van der Waals surface area contributed by atoms with Gasteiger partial charge >= 0.3 is 0 Å². The highest BCUT2D eigenvalue weighted by Gasteiger charge is 2.23. The molecule has 84 valence electrons. The van der Waals surface area contributed by atoms with Crippen LogP contribution in [0.15, 0.2) is 17.5 Å². The number of hydrogen-bond acceptors (Lipinski definition) is 2. The minimum absolute atomic E-state index is 0.637. The summed E-state index contributed by atoms with van der Waals surface area (Å²) in [5, 5.41) is 6.82. The van der Waals surface area contributed by atoms with Crippen molar-refractivity contribution in [2.75, 3.05) is 5.88 Å². The minimum Gasteiger partial charge on any atom is -0.267 e. The minimum atomic E-state index is 0.637. The van der Waals surface area contributed by atoms with Crippen LogP contribution in [0.2, 0.25) is 0 Å². The summed E-state index contributed by atoms with van der Waals surface area (Å²) in [6.45, 7) is 0.829. The van der Waals surface area contributed by atoms with Crippen LogP contribution in [0.25, 0.3) is 10.6 Å². The van der Waals surface area contributed by atoms with E-state index in [0.29, 0.717) is 5.88 Å². The summed E-state index contributed by atoms with van der Waals surface area (Å²) in [7, 11) is 0. The van der Waals surface area contributed by atoms with Crippen LogP contribution in [-0.2, 0) is 19.4 Å². The molecule has 2 heterocycles. The van der Waals surface area contributed by atoms with Crippen molar-refractivity contribution >= 4 is 22.9 Å². The molecule has 1 aliphatic rings. The summed E-state index contributed by atoms with van der Waals surface area (Å²) in [4.78, 5) is 1.28. The van der Waals surface area contributed by atoms with Gasteiger partial charge in [-0.15, -0.1) is 22.9 Å². The van der Waals surface area contributed by atoms with Gasteiger partial charge in [0.05, 0.1) is 11.4 Å². The van der Waals surface area contributed by atoms with Gasteiger partial charge in [0.2, 0.25) is 0 Å². The predicted octanol–water partition coefficient (Wildman–Crippen LogP) is 3.34. The second-order valence-electron chi connectivity index (χ2n) is 4.02. The van der Waals surface area contributed by atoms with Crippen LogP contribution in [-0.4, -0.2) is 15.7 Å². The molecule has 2 nitrogen and oxygen atoms in total. The first kappa shape index (κ1) is 10.4. The van der Waals surface area contributed by atoms with E-state index in [-0.39, 0.29) is 0 Å². The van der Waals surface area contributed by atoms with Gasteiger partial charge in [-0.3, -0.25) is 4.68 Å². The molecule has 16 heavy (non-hydrogen) atoms. The van der Waals surface area contributed by atoms with Crippen LogP contribution in [0.4, 0.5) is 0 Å². The van der Waals surface area contributed by atoms with Crippen molar-refractivity contribution in [1.82, 2.24) is 9.78 Å². The Morgan fingerprint density at radius 1 is 1.44 bits per heavy atom. The van der Waals surface area contributed by atoms with E-state index in [0.717, 1.165) is 13.0 Å². The molecule has 2 aromatic rings. The van der Waals surface area contributed by atoms with Crippen molar-refractivity contribution in [3.63, 3.8) is 0 Å². The summed E-state index contributed by atoms with van der Waals surface area (Å²) < 4.78 is 2.10. The number of aryl methyl sites for hydroxylation is 1. The van der Waals surface area contributed by atoms with Crippen molar-refractivity contribution in [2.45, 2.75) is 25.8 Å². The maximum atomic E-state index is 5.81. The molecule has 0 N–H and O–H groups in total. The normalized spacial score (nSPS) is 14.3. The molecule has 1 aliphatic carbocycles. The first-order valence-electron chi connectivity index (χ1n) is 5.58. The number of fused-ring (bicyclic) bond motifs is 1. The first-order chi connectivity index (χ1) is 7.90. The summed E-state index contributed by atoms with van der Waals surface area (Å²) in [5.74, 6) is 0.637. The Kier molecular flexibility index (Phi) is 2.74. The molecular weight excluding hydrogens is 240 g/mol. The van der Waals surface area contributed by atoms with Gasteiger partial charge in [-0.25, -0.2) is 0 Å². The topological polar surface area (TPSA) is 17.8 Å². The second-order valence-corrected chi connectivity index (χ2v) is 5.34. The molecule has 4 heteroatoms. The number of hydrogen-bond donors (Lipinski definition) is 0. The molecule has 0 amide bonds. The summed E-state index contributed by atoms with van der Waals surface area (Å²) in [6, 6.07) is 4.23. The molecule has 0 radical (unpaired) electrons. The molecule has 3 rings (SSSR count). The van der Waals surface area contributed by atoms with Crippen molar-refractivity contribution in [3.8, 4) is 10.6 Å². The SMILES string of the molecule is ClCCn1nc(-c2cccs2)c2c1CCC2. The Hall–Kier alpha value is -0.800. The number of halogens is 1. The van der Waals surface area contributed by atoms with Crippen molar-refractivity contribution in [2.24, 2.45) is 0 Å². The molecule has 0 fully saturated rings. The van der Waals surface area contributed by atoms with Gasteiger partial charge in [-0.1, -0.05) is 6.07 Å². The van der Waals surface area contributed by atoms with Crippen molar-refractivity contribution < 1.29 is 0 Å². The molecule has 2 aromatic heterocycles. The average molecular weight is 253 g/mol. The maximum Gasteiger partial charge on any atom is 0.106 e. The van der Waals surface area contributed by atoms with E-state index in [2.05, 4.69) is 22.2 Å².